The molecule has 0 aromatic heterocycles. The quantitative estimate of drug-likeness (QED) is 0.193. The summed E-state index contributed by atoms with van der Waals surface area (Å²) >= 11 is 0. The van der Waals surface area contributed by atoms with Crippen molar-refractivity contribution in [3.05, 3.63) is 144 Å². The molecule has 8 atom stereocenters. The van der Waals surface area contributed by atoms with Crippen molar-refractivity contribution >= 4 is 11.6 Å². The van der Waals surface area contributed by atoms with Gasteiger partial charge in [0.2, 0.25) is 0 Å². The van der Waals surface area contributed by atoms with Crippen molar-refractivity contribution in [3.63, 3.8) is 0 Å². The number of ketones is 2. The normalized spacial score (nSPS) is 32.2. The fourth-order valence-electron chi connectivity index (χ4n) is 10.2. The van der Waals surface area contributed by atoms with Gasteiger partial charge in [0.1, 0.15) is 11.6 Å². The molecular weight excluding hydrogens is 585 g/mol. The molecule has 4 aromatic carbocycles. The van der Waals surface area contributed by atoms with Crippen molar-refractivity contribution in [2.45, 2.75) is 79.1 Å². The topological polar surface area (TPSA) is 34.1 Å². The molecule has 4 aromatic rings. The molecule has 0 heterocycles. The van der Waals surface area contributed by atoms with E-state index in [2.05, 4.69) is 152 Å². The first-order chi connectivity index (χ1) is 22.7. The van der Waals surface area contributed by atoms with Crippen LogP contribution in [0.3, 0.4) is 0 Å². The van der Waals surface area contributed by atoms with Crippen LogP contribution in [0.5, 0.6) is 0 Å². The van der Waals surface area contributed by atoms with E-state index in [9.17, 15) is 9.59 Å². The predicted molar refractivity (Wildman–Crippen MR) is 196 cm³/mol. The smallest absolute Gasteiger partial charge is 0.141 e. The summed E-state index contributed by atoms with van der Waals surface area (Å²) in [6, 6.07) is 42.2. The van der Waals surface area contributed by atoms with E-state index >= 15 is 0 Å². The van der Waals surface area contributed by atoms with Crippen molar-refractivity contribution in [2.75, 3.05) is 0 Å². The number of benzene rings is 4. The van der Waals surface area contributed by atoms with Gasteiger partial charge in [0.15, 0.2) is 0 Å². The monoisotopic (exact) mass is 636 g/mol. The molecule has 0 saturated heterocycles. The fraction of sp³-hybridized carbons (Fsp3) is 0.435. The third-order valence-corrected chi connectivity index (χ3v) is 13.2. The van der Waals surface area contributed by atoms with Crippen LogP contribution in [0.25, 0.3) is 0 Å². The molecule has 4 aliphatic carbocycles. The zero-order valence-electron chi connectivity index (χ0n) is 30.0. The summed E-state index contributed by atoms with van der Waals surface area (Å²) in [5, 5.41) is 0. The summed E-state index contributed by atoms with van der Waals surface area (Å²) in [5.74, 6) is 3.11. The molecule has 4 aliphatic rings. The molecule has 8 rings (SSSR count). The average Bonchev–Trinajstić information content (AvgIpc) is 4.03. The highest BCUT2D eigenvalue weighted by atomic mass is 16.1. The van der Waals surface area contributed by atoms with Crippen LogP contribution in [0, 0.1) is 45.3 Å². The van der Waals surface area contributed by atoms with Crippen LogP contribution in [-0.4, -0.2) is 11.6 Å². The average molecular weight is 637 g/mol. The van der Waals surface area contributed by atoms with Crippen molar-refractivity contribution in [3.8, 4) is 0 Å². The van der Waals surface area contributed by atoms with Gasteiger partial charge >= 0.3 is 0 Å². The van der Waals surface area contributed by atoms with E-state index < -0.39 is 0 Å². The maximum Gasteiger partial charge on any atom is 0.141 e. The second-order valence-electron chi connectivity index (χ2n) is 17.6. The SMILES string of the molecule is CC1(C)[C@H](C(=O)[C@H]2[C@H](c3ccccc3)C2(C)C)[C@H]1c1ccccc1.CC1(C)[C@H](C(=O)[C@H]2[C@H](c3ccccc3)C2(C)C)[C@H]1c1ccccc1. The lowest BCUT2D eigenvalue weighted by Crippen LogP contribution is -2.12. The predicted octanol–water partition coefficient (Wildman–Crippen LogP) is 10.9. The van der Waals surface area contributed by atoms with Crippen LogP contribution in [0.2, 0.25) is 0 Å². The van der Waals surface area contributed by atoms with Gasteiger partial charge in [-0.3, -0.25) is 9.59 Å². The highest BCUT2D eigenvalue weighted by Crippen LogP contribution is 2.73. The molecule has 2 heteroatoms. The van der Waals surface area contributed by atoms with E-state index in [-0.39, 0.29) is 45.3 Å². The Hall–Kier alpha value is -3.78. The molecule has 0 amide bonds. The first-order valence-electron chi connectivity index (χ1n) is 18.0. The highest BCUT2D eigenvalue weighted by molar-refractivity contribution is 5.94. The number of hydrogen-bond donors (Lipinski definition) is 0. The van der Waals surface area contributed by atoms with Gasteiger partial charge in [0.25, 0.3) is 0 Å². The summed E-state index contributed by atoms with van der Waals surface area (Å²) in [6.45, 7) is 18.0. The second-order valence-corrected chi connectivity index (χ2v) is 17.6. The van der Waals surface area contributed by atoms with Crippen molar-refractivity contribution in [1.29, 1.82) is 0 Å². The largest absolute Gasteiger partial charge is 0.299 e. The Bertz CT molecular complexity index is 1520. The van der Waals surface area contributed by atoms with Crippen molar-refractivity contribution < 1.29 is 9.59 Å². The number of carbonyl (C=O) groups excluding carboxylic acids is 2. The molecule has 4 fully saturated rings. The van der Waals surface area contributed by atoms with Crippen molar-refractivity contribution in [2.24, 2.45) is 45.3 Å². The van der Waals surface area contributed by atoms with E-state index in [4.69, 9.17) is 0 Å². The van der Waals surface area contributed by atoms with E-state index in [0.717, 1.165) is 0 Å². The molecule has 0 N–H and O–H groups in total. The van der Waals surface area contributed by atoms with Crippen LogP contribution in [0.4, 0.5) is 0 Å². The van der Waals surface area contributed by atoms with Crippen LogP contribution < -0.4 is 0 Å². The van der Waals surface area contributed by atoms with Crippen LogP contribution >= 0.6 is 0 Å². The Morgan fingerprint density at radius 3 is 0.667 bits per heavy atom. The summed E-state index contributed by atoms with van der Waals surface area (Å²) in [7, 11) is 0. The lowest BCUT2D eigenvalue weighted by Gasteiger charge is -2.03. The standard InChI is InChI=1S/2C23H26O/c2*1-22(2)17(15-11-7-5-8-12-15)19(22)21(24)20-18(23(20,3)4)16-13-9-6-10-14-16/h2*5-14,17-20H,1-4H3/t2*17-,18+,19+,20-. The zero-order chi connectivity index (χ0) is 34.2. The van der Waals surface area contributed by atoms with Crippen LogP contribution in [0.1, 0.15) is 101 Å². The van der Waals surface area contributed by atoms with Gasteiger partial charge < -0.3 is 0 Å². The van der Waals surface area contributed by atoms with E-state index in [0.29, 0.717) is 35.2 Å². The Balaban J connectivity index is 0.000000152. The molecule has 48 heavy (non-hydrogen) atoms. The molecule has 0 bridgehead atoms. The summed E-state index contributed by atoms with van der Waals surface area (Å²) in [4.78, 5) is 26.7. The molecule has 248 valence electrons. The van der Waals surface area contributed by atoms with Gasteiger partial charge in [-0.1, -0.05) is 177 Å². The summed E-state index contributed by atoms with van der Waals surface area (Å²) in [5.41, 5.74) is 5.59. The number of hydrogen-bond acceptors (Lipinski definition) is 2. The molecule has 2 nitrogen and oxygen atoms in total. The molecule has 0 radical (unpaired) electrons. The number of Topliss-reactive ketones (excluding diaryl/α,β-unsaturated/α-hetero) is 2. The minimum atomic E-state index is 0.0817. The second kappa shape index (κ2) is 11.4. The molecule has 0 unspecified atom stereocenters. The molecular formula is C46H52O2. The number of carbonyl (C=O) groups is 2. The zero-order valence-corrected chi connectivity index (χ0v) is 30.0. The van der Waals surface area contributed by atoms with Crippen molar-refractivity contribution in [1.82, 2.24) is 0 Å². The van der Waals surface area contributed by atoms with Gasteiger partial charge in [-0.2, -0.15) is 0 Å². The molecule has 4 saturated carbocycles. The van der Waals surface area contributed by atoms with E-state index in [1.165, 1.54) is 22.3 Å². The number of rotatable bonds is 8. The summed E-state index contributed by atoms with van der Waals surface area (Å²) in [6.07, 6.45) is 0. The Morgan fingerprint density at radius 1 is 0.333 bits per heavy atom. The lowest BCUT2D eigenvalue weighted by molar-refractivity contribution is -0.123. The third kappa shape index (κ3) is 5.31. The minimum Gasteiger partial charge on any atom is -0.299 e. The van der Waals surface area contributed by atoms with Crippen LogP contribution in [-0.2, 0) is 9.59 Å². The minimum absolute atomic E-state index is 0.0817. The third-order valence-electron chi connectivity index (χ3n) is 13.2. The lowest BCUT2D eigenvalue weighted by atomic mass is 10.00. The molecule has 0 aliphatic heterocycles. The maximum absolute atomic E-state index is 13.4. The Labute approximate surface area is 288 Å². The van der Waals surface area contributed by atoms with Gasteiger partial charge in [0, 0.05) is 23.7 Å². The van der Waals surface area contributed by atoms with E-state index in [1.54, 1.807) is 0 Å². The fourth-order valence-corrected chi connectivity index (χ4v) is 10.2. The maximum atomic E-state index is 13.4. The first kappa shape index (κ1) is 32.8. The van der Waals surface area contributed by atoms with E-state index in [1.807, 2.05) is 24.3 Å². The van der Waals surface area contributed by atoms with Gasteiger partial charge in [0.05, 0.1) is 0 Å². The highest BCUT2D eigenvalue weighted by Gasteiger charge is 2.71. The van der Waals surface area contributed by atoms with Crippen LogP contribution in [0.15, 0.2) is 121 Å². The first-order valence-corrected chi connectivity index (χ1v) is 18.0. The molecule has 0 spiro atoms. The van der Waals surface area contributed by atoms with Gasteiger partial charge in [-0.05, 0) is 67.6 Å². The van der Waals surface area contributed by atoms with Gasteiger partial charge in [-0.15, -0.1) is 0 Å². The Morgan fingerprint density at radius 2 is 0.500 bits per heavy atom. The summed E-state index contributed by atoms with van der Waals surface area (Å²) < 4.78 is 0. The van der Waals surface area contributed by atoms with Gasteiger partial charge in [-0.25, -0.2) is 0 Å². The Kier molecular flexibility index (Phi) is 7.78.